The van der Waals surface area contributed by atoms with Crippen molar-refractivity contribution in [2.75, 3.05) is 5.32 Å². The Morgan fingerprint density at radius 2 is 1.88 bits per heavy atom. The molecule has 0 radical (unpaired) electrons. The molecule has 7 heteroatoms. The van der Waals surface area contributed by atoms with Crippen LogP contribution < -0.4 is 5.32 Å². The van der Waals surface area contributed by atoms with E-state index in [1.54, 1.807) is 17.9 Å². The van der Waals surface area contributed by atoms with Crippen molar-refractivity contribution in [2.24, 2.45) is 24.8 Å². The fraction of sp³-hybridized carbons (Fsp3) is 0.611. The second-order valence-electron chi connectivity index (χ2n) is 8.21. The Hall–Kier alpha value is -1.38. The molecule has 4 saturated carbocycles. The van der Waals surface area contributed by atoms with Gasteiger partial charge in [0.1, 0.15) is 5.69 Å². The molecule has 0 aromatic carbocycles. The first kappa shape index (κ1) is 15.8. The number of aryl methyl sites for hydroxylation is 1. The summed E-state index contributed by atoms with van der Waals surface area (Å²) in [5, 5.41) is 11.8. The van der Waals surface area contributed by atoms with Crippen molar-refractivity contribution >= 4 is 34.3 Å². The van der Waals surface area contributed by atoms with Crippen LogP contribution in [0.15, 0.2) is 18.5 Å². The molecule has 4 aliphatic rings. The maximum absolute atomic E-state index is 12.5. The quantitative estimate of drug-likeness (QED) is 0.728. The standard InChI is InChI=1S/C18H22IN5O/c1-23-16(14(19)10-20-23)17(25)21-15-2-3-24(22-15)18-7-11-4-12(8-18)6-13(5-11)9-18/h2-3,10-13H,4-9H2,1H3,(H,21,22,25). The third-order valence-electron chi connectivity index (χ3n) is 6.43. The highest BCUT2D eigenvalue weighted by Crippen LogP contribution is 2.58. The van der Waals surface area contributed by atoms with Crippen LogP contribution in [0.5, 0.6) is 0 Å². The summed E-state index contributed by atoms with van der Waals surface area (Å²) in [6.07, 6.45) is 11.8. The first-order valence-corrected chi connectivity index (χ1v) is 10.2. The zero-order valence-corrected chi connectivity index (χ0v) is 16.4. The first-order valence-electron chi connectivity index (χ1n) is 9.07. The normalized spacial score (nSPS) is 33.0. The Labute approximate surface area is 160 Å². The Bertz CT molecular complexity index is 784. The van der Waals surface area contributed by atoms with Crippen molar-refractivity contribution in [2.45, 2.75) is 44.1 Å². The van der Waals surface area contributed by atoms with Crippen LogP contribution in [0.3, 0.4) is 0 Å². The fourth-order valence-corrected chi connectivity index (χ4v) is 6.56. The Kier molecular flexibility index (Phi) is 3.52. The summed E-state index contributed by atoms with van der Waals surface area (Å²) < 4.78 is 4.62. The summed E-state index contributed by atoms with van der Waals surface area (Å²) in [6, 6.07) is 1.93. The highest BCUT2D eigenvalue weighted by Gasteiger charge is 2.52. The number of carbonyl (C=O) groups is 1. The van der Waals surface area contributed by atoms with Gasteiger partial charge in [-0.1, -0.05) is 0 Å². The van der Waals surface area contributed by atoms with Gasteiger partial charge in [0.25, 0.3) is 5.91 Å². The smallest absolute Gasteiger partial charge is 0.276 e. The van der Waals surface area contributed by atoms with Crippen molar-refractivity contribution in [1.29, 1.82) is 0 Å². The van der Waals surface area contributed by atoms with Gasteiger partial charge >= 0.3 is 0 Å². The van der Waals surface area contributed by atoms with Crippen molar-refractivity contribution in [3.05, 3.63) is 27.7 Å². The monoisotopic (exact) mass is 451 g/mol. The largest absolute Gasteiger partial charge is 0.304 e. The van der Waals surface area contributed by atoms with Gasteiger partial charge in [-0.2, -0.15) is 10.2 Å². The van der Waals surface area contributed by atoms with Crippen molar-refractivity contribution < 1.29 is 4.79 Å². The van der Waals surface area contributed by atoms with Crippen LogP contribution in [-0.4, -0.2) is 25.5 Å². The van der Waals surface area contributed by atoms with Gasteiger partial charge in [0, 0.05) is 19.3 Å². The number of amides is 1. The van der Waals surface area contributed by atoms with E-state index in [-0.39, 0.29) is 11.4 Å². The summed E-state index contributed by atoms with van der Waals surface area (Å²) >= 11 is 2.13. The molecule has 1 N–H and O–H groups in total. The molecule has 4 bridgehead atoms. The molecular formula is C18H22IN5O. The topological polar surface area (TPSA) is 64.7 Å². The van der Waals surface area contributed by atoms with Crippen molar-refractivity contribution in [1.82, 2.24) is 19.6 Å². The Morgan fingerprint density at radius 3 is 2.44 bits per heavy atom. The van der Waals surface area contributed by atoms with Gasteiger partial charge in [0.2, 0.25) is 0 Å². The molecule has 1 amide bonds. The van der Waals surface area contributed by atoms with E-state index in [2.05, 4.69) is 43.9 Å². The predicted octanol–water partition coefficient (Wildman–Crippen LogP) is 3.40. The number of anilines is 1. The minimum atomic E-state index is -0.153. The van der Waals surface area contributed by atoms with E-state index in [0.717, 1.165) is 21.3 Å². The van der Waals surface area contributed by atoms with Crippen molar-refractivity contribution in [3.8, 4) is 0 Å². The lowest BCUT2D eigenvalue weighted by Crippen LogP contribution is -2.52. The minimum Gasteiger partial charge on any atom is -0.304 e. The molecular weight excluding hydrogens is 429 g/mol. The molecule has 4 fully saturated rings. The highest BCUT2D eigenvalue weighted by molar-refractivity contribution is 14.1. The molecule has 2 aromatic rings. The zero-order chi connectivity index (χ0) is 17.2. The molecule has 0 saturated heterocycles. The number of nitrogens with one attached hydrogen (secondary N) is 1. The summed E-state index contributed by atoms with van der Waals surface area (Å²) in [5.41, 5.74) is 0.767. The molecule has 0 spiro atoms. The first-order chi connectivity index (χ1) is 12.0. The average Bonchev–Trinajstić information content (AvgIpc) is 3.13. The number of hydrogen-bond acceptors (Lipinski definition) is 3. The fourth-order valence-electron chi connectivity index (χ4n) is 5.84. The van der Waals surface area contributed by atoms with E-state index >= 15 is 0 Å². The van der Waals surface area contributed by atoms with E-state index in [1.165, 1.54) is 38.5 Å². The van der Waals surface area contributed by atoms with E-state index in [1.807, 2.05) is 6.07 Å². The molecule has 2 aromatic heterocycles. The minimum absolute atomic E-state index is 0.153. The molecule has 25 heavy (non-hydrogen) atoms. The highest BCUT2D eigenvalue weighted by atomic mass is 127. The van der Waals surface area contributed by atoms with E-state index < -0.39 is 0 Å². The van der Waals surface area contributed by atoms with Crippen LogP contribution in [0, 0.1) is 21.3 Å². The number of carbonyl (C=O) groups excluding carboxylic acids is 1. The maximum atomic E-state index is 12.5. The third kappa shape index (κ3) is 2.53. The predicted molar refractivity (Wildman–Crippen MR) is 102 cm³/mol. The average molecular weight is 451 g/mol. The molecule has 6 nitrogen and oxygen atoms in total. The number of hydrogen-bond donors (Lipinski definition) is 1. The van der Waals surface area contributed by atoms with E-state index in [9.17, 15) is 4.79 Å². The number of rotatable bonds is 3. The van der Waals surface area contributed by atoms with Gasteiger partial charge < -0.3 is 5.32 Å². The third-order valence-corrected chi connectivity index (χ3v) is 7.22. The molecule has 0 aliphatic heterocycles. The van der Waals surface area contributed by atoms with Gasteiger partial charge in [-0.15, -0.1) is 0 Å². The van der Waals surface area contributed by atoms with Crippen LogP contribution in [0.2, 0.25) is 0 Å². The van der Waals surface area contributed by atoms with Crippen LogP contribution in [0.4, 0.5) is 5.82 Å². The molecule has 0 atom stereocenters. The van der Waals surface area contributed by atoms with Crippen LogP contribution >= 0.6 is 22.6 Å². The summed E-state index contributed by atoms with van der Waals surface area (Å²) in [4.78, 5) is 12.5. The lowest BCUT2D eigenvalue weighted by atomic mass is 9.53. The van der Waals surface area contributed by atoms with Crippen LogP contribution in [0.1, 0.15) is 49.0 Å². The molecule has 0 unspecified atom stereocenters. The second kappa shape index (κ2) is 5.56. The summed E-state index contributed by atoms with van der Waals surface area (Å²) in [5.74, 6) is 3.12. The second-order valence-corrected chi connectivity index (χ2v) is 9.37. The SMILES string of the molecule is Cn1ncc(I)c1C(=O)Nc1ccn(C23CC4CC(CC(C4)C2)C3)n1. The van der Waals surface area contributed by atoms with Gasteiger partial charge in [-0.3, -0.25) is 14.2 Å². The van der Waals surface area contributed by atoms with Crippen LogP contribution in [0.25, 0.3) is 0 Å². The van der Waals surface area contributed by atoms with E-state index in [4.69, 9.17) is 5.10 Å². The lowest BCUT2D eigenvalue weighted by Gasteiger charge is -2.56. The van der Waals surface area contributed by atoms with E-state index in [0.29, 0.717) is 11.5 Å². The van der Waals surface area contributed by atoms with Gasteiger partial charge in [0.05, 0.1) is 15.3 Å². The number of halogens is 1. The van der Waals surface area contributed by atoms with Gasteiger partial charge in [-0.05, 0) is 78.9 Å². The van der Waals surface area contributed by atoms with Gasteiger partial charge in [-0.25, -0.2) is 0 Å². The van der Waals surface area contributed by atoms with Crippen molar-refractivity contribution in [3.63, 3.8) is 0 Å². The zero-order valence-electron chi connectivity index (χ0n) is 14.3. The maximum Gasteiger partial charge on any atom is 0.276 e. The molecule has 6 rings (SSSR count). The number of nitrogens with zero attached hydrogens (tertiary/aromatic N) is 4. The molecule has 4 aliphatic carbocycles. The molecule has 132 valence electrons. The Morgan fingerprint density at radius 1 is 1.24 bits per heavy atom. The molecule has 2 heterocycles. The van der Waals surface area contributed by atoms with Gasteiger partial charge in [0.15, 0.2) is 5.82 Å². The summed E-state index contributed by atoms with van der Waals surface area (Å²) in [7, 11) is 1.78. The van der Waals surface area contributed by atoms with Crippen LogP contribution in [-0.2, 0) is 12.6 Å². The Balaban J connectivity index is 1.38. The lowest BCUT2D eigenvalue weighted by molar-refractivity contribution is -0.0492. The summed E-state index contributed by atoms with van der Waals surface area (Å²) in [6.45, 7) is 0. The number of aromatic nitrogens is 4.